The summed E-state index contributed by atoms with van der Waals surface area (Å²) in [4.78, 5) is 11.0. The fraction of sp³-hybridized carbons (Fsp3) is 0.727. The van der Waals surface area contributed by atoms with Crippen molar-refractivity contribution in [1.82, 2.24) is 0 Å². The molecule has 0 spiro atoms. The number of ketones is 1. The van der Waals surface area contributed by atoms with Crippen LogP contribution in [0, 0.1) is 11.8 Å². The van der Waals surface area contributed by atoms with Crippen molar-refractivity contribution in [2.45, 2.75) is 39.5 Å². The maximum atomic E-state index is 11.0. The van der Waals surface area contributed by atoms with E-state index in [1.807, 2.05) is 0 Å². The fourth-order valence-corrected chi connectivity index (χ4v) is 2.83. The van der Waals surface area contributed by atoms with E-state index >= 15 is 0 Å². The Morgan fingerprint density at radius 1 is 1.42 bits per heavy atom. The molecule has 0 radical (unpaired) electrons. The van der Waals surface area contributed by atoms with E-state index in [1.165, 1.54) is 24.8 Å². The summed E-state index contributed by atoms with van der Waals surface area (Å²) in [6, 6.07) is 0. The van der Waals surface area contributed by atoms with Crippen molar-refractivity contribution in [3.8, 4) is 0 Å². The molecule has 2 aliphatic rings. The van der Waals surface area contributed by atoms with E-state index in [-0.39, 0.29) is 0 Å². The van der Waals surface area contributed by atoms with Gasteiger partial charge in [-0.15, -0.1) is 0 Å². The highest BCUT2D eigenvalue weighted by atomic mass is 16.1. The van der Waals surface area contributed by atoms with Gasteiger partial charge in [-0.25, -0.2) is 0 Å². The van der Waals surface area contributed by atoms with E-state index in [0.29, 0.717) is 5.78 Å². The van der Waals surface area contributed by atoms with Crippen LogP contribution in [0.15, 0.2) is 11.1 Å². The summed E-state index contributed by atoms with van der Waals surface area (Å²) in [7, 11) is 0. The van der Waals surface area contributed by atoms with E-state index in [4.69, 9.17) is 0 Å². The molecule has 66 valence electrons. The summed E-state index contributed by atoms with van der Waals surface area (Å²) < 4.78 is 0. The first-order valence-electron chi connectivity index (χ1n) is 4.87. The maximum absolute atomic E-state index is 11.0. The highest BCUT2D eigenvalue weighted by Gasteiger charge is 2.36. The Hall–Kier alpha value is -0.590. The van der Waals surface area contributed by atoms with E-state index in [1.54, 1.807) is 12.5 Å². The number of hydrogen-bond acceptors (Lipinski definition) is 1. The molecular weight excluding hydrogens is 148 g/mol. The van der Waals surface area contributed by atoms with Crippen molar-refractivity contribution in [2.75, 3.05) is 0 Å². The minimum atomic E-state index is 0.330. The zero-order chi connectivity index (χ0) is 8.72. The molecule has 0 saturated heterocycles. The Labute approximate surface area is 73.8 Å². The van der Waals surface area contributed by atoms with Gasteiger partial charge in [-0.3, -0.25) is 4.79 Å². The minimum absolute atomic E-state index is 0.330. The van der Waals surface area contributed by atoms with E-state index in [9.17, 15) is 4.79 Å². The average molecular weight is 164 g/mol. The third kappa shape index (κ3) is 1.12. The van der Waals surface area contributed by atoms with Crippen LogP contribution in [0.25, 0.3) is 0 Å². The van der Waals surface area contributed by atoms with E-state index in [2.05, 4.69) is 6.92 Å². The summed E-state index contributed by atoms with van der Waals surface area (Å²) >= 11 is 0. The average Bonchev–Trinajstić information content (AvgIpc) is 2.53. The number of carbonyl (C=O) groups is 1. The normalized spacial score (nSPS) is 33.2. The first kappa shape index (κ1) is 8.03. The molecule has 2 aliphatic carbocycles. The van der Waals surface area contributed by atoms with Crippen molar-refractivity contribution in [1.29, 1.82) is 0 Å². The van der Waals surface area contributed by atoms with Crippen LogP contribution in [-0.4, -0.2) is 5.78 Å². The Bertz CT molecular complexity index is 250. The molecule has 0 aromatic carbocycles. The third-order valence-corrected chi connectivity index (χ3v) is 3.48. The quantitative estimate of drug-likeness (QED) is 0.573. The topological polar surface area (TPSA) is 17.1 Å². The molecule has 0 aromatic rings. The Kier molecular flexibility index (Phi) is 1.82. The van der Waals surface area contributed by atoms with Crippen LogP contribution in [0.5, 0.6) is 0 Å². The van der Waals surface area contributed by atoms with Crippen LogP contribution in [-0.2, 0) is 4.79 Å². The summed E-state index contributed by atoms with van der Waals surface area (Å²) in [5, 5.41) is 0. The standard InChI is InChI=1S/C11H16O/c1-7(12)5-11-8(2)9-3-4-10(11)6-9/h9-10H,3-6H2,1-2H3. The van der Waals surface area contributed by atoms with Gasteiger partial charge < -0.3 is 0 Å². The molecule has 12 heavy (non-hydrogen) atoms. The number of carbonyl (C=O) groups excluding carboxylic acids is 1. The van der Waals surface area contributed by atoms with Gasteiger partial charge in [0.2, 0.25) is 0 Å². The lowest BCUT2D eigenvalue weighted by atomic mass is 9.90. The lowest BCUT2D eigenvalue weighted by Crippen LogP contribution is -2.04. The zero-order valence-electron chi connectivity index (χ0n) is 7.89. The minimum Gasteiger partial charge on any atom is -0.300 e. The van der Waals surface area contributed by atoms with Crippen molar-refractivity contribution in [2.24, 2.45) is 11.8 Å². The second kappa shape index (κ2) is 2.72. The van der Waals surface area contributed by atoms with Crippen LogP contribution >= 0.6 is 0 Å². The van der Waals surface area contributed by atoms with Crippen LogP contribution in [0.2, 0.25) is 0 Å². The molecule has 2 atom stereocenters. The number of Topliss-reactive ketones (excluding diaryl/α,β-unsaturated/α-hetero) is 1. The van der Waals surface area contributed by atoms with Crippen molar-refractivity contribution < 1.29 is 4.79 Å². The van der Waals surface area contributed by atoms with Gasteiger partial charge >= 0.3 is 0 Å². The predicted molar refractivity (Wildman–Crippen MR) is 48.8 cm³/mol. The van der Waals surface area contributed by atoms with Gasteiger partial charge in [-0.2, -0.15) is 0 Å². The highest BCUT2D eigenvalue weighted by molar-refractivity contribution is 5.78. The number of rotatable bonds is 2. The van der Waals surface area contributed by atoms with Gasteiger partial charge in [-0.1, -0.05) is 11.1 Å². The molecule has 0 aromatic heterocycles. The fourth-order valence-electron chi connectivity index (χ4n) is 2.83. The highest BCUT2D eigenvalue weighted by Crippen LogP contribution is 2.49. The van der Waals surface area contributed by atoms with Gasteiger partial charge in [0.15, 0.2) is 0 Å². The summed E-state index contributed by atoms with van der Waals surface area (Å²) in [5.41, 5.74) is 3.03. The van der Waals surface area contributed by atoms with Gasteiger partial charge in [-0.05, 0) is 44.9 Å². The smallest absolute Gasteiger partial charge is 0.133 e. The molecule has 2 unspecified atom stereocenters. The van der Waals surface area contributed by atoms with E-state index in [0.717, 1.165) is 18.3 Å². The number of hydrogen-bond donors (Lipinski definition) is 0. The predicted octanol–water partition coefficient (Wildman–Crippen LogP) is 2.71. The van der Waals surface area contributed by atoms with Gasteiger partial charge in [0.05, 0.1) is 0 Å². The lowest BCUT2D eigenvalue weighted by molar-refractivity contribution is -0.116. The van der Waals surface area contributed by atoms with Crippen molar-refractivity contribution in [3.63, 3.8) is 0 Å². The Morgan fingerprint density at radius 2 is 2.08 bits per heavy atom. The van der Waals surface area contributed by atoms with Crippen molar-refractivity contribution in [3.05, 3.63) is 11.1 Å². The third-order valence-electron chi connectivity index (χ3n) is 3.48. The SMILES string of the molecule is CC(=O)CC1=C(C)C2CCC1C2. The van der Waals surface area contributed by atoms with Crippen LogP contribution in [0.3, 0.4) is 0 Å². The molecule has 0 N–H and O–H groups in total. The second-order valence-corrected chi connectivity index (χ2v) is 4.29. The first-order chi connectivity index (χ1) is 5.68. The molecule has 2 rings (SSSR count). The molecular formula is C11H16O. The monoisotopic (exact) mass is 164 g/mol. The Balaban J connectivity index is 2.18. The molecule has 0 amide bonds. The summed E-state index contributed by atoms with van der Waals surface area (Å²) in [5.74, 6) is 1.94. The zero-order valence-corrected chi connectivity index (χ0v) is 7.89. The summed E-state index contributed by atoms with van der Waals surface area (Å²) in [6.45, 7) is 3.92. The van der Waals surface area contributed by atoms with Gasteiger partial charge in [0.25, 0.3) is 0 Å². The Morgan fingerprint density at radius 3 is 2.58 bits per heavy atom. The molecule has 0 aliphatic heterocycles. The van der Waals surface area contributed by atoms with E-state index < -0.39 is 0 Å². The molecule has 1 saturated carbocycles. The lowest BCUT2D eigenvalue weighted by Gasteiger charge is -2.15. The van der Waals surface area contributed by atoms with Gasteiger partial charge in [0, 0.05) is 6.42 Å². The largest absolute Gasteiger partial charge is 0.300 e. The number of allylic oxidation sites excluding steroid dienone is 2. The molecule has 1 heteroatoms. The number of fused-ring (bicyclic) bond motifs is 2. The van der Waals surface area contributed by atoms with Crippen molar-refractivity contribution >= 4 is 5.78 Å². The second-order valence-electron chi connectivity index (χ2n) is 4.29. The van der Waals surface area contributed by atoms with Gasteiger partial charge in [0.1, 0.15) is 5.78 Å². The molecule has 0 heterocycles. The summed E-state index contributed by atoms with van der Waals surface area (Å²) in [6.07, 6.45) is 4.78. The van der Waals surface area contributed by atoms with Crippen LogP contribution < -0.4 is 0 Å². The maximum Gasteiger partial charge on any atom is 0.133 e. The van der Waals surface area contributed by atoms with Crippen LogP contribution in [0.1, 0.15) is 39.5 Å². The first-order valence-corrected chi connectivity index (χ1v) is 4.87. The molecule has 2 bridgehead atoms. The molecule has 1 nitrogen and oxygen atoms in total. The molecule has 1 fully saturated rings. The van der Waals surface area contributed by atoms with Crippen LogP contribution in [0.4, 0.5) is 0 Å².